The molecule has 0 fully saturated rings. The van der Waals surface area contributed by atoms with E-state index in [0.29, 0.717) is 15.4 Å². The third-order valence-electron chi connectivity index (χ3n) is 2.76. The molecule has 0 aliphatic carbocycles. The highest BCUT2D eigenvalue weighted by Gasteiger charge is 2.15. The Labute approximate surface area is 150 Å². The number of carbonyl (C=O) groups is 1. The van der Waals surface area contributed by atoms with Gasteiger partial charge in [0.05, 0.1) is 16.9 Å². The average molecular weight is 406 g/mol. The maximum absolute atomic E-state index is 12.0. The smallest absolute Gasteiger partial charge is 0.388 e. The van der Waals surface area contributed by atoms with Crippen LogP contribution in [0.25, 0.3) is 0 Å². The van der Waals surface area contributed by atoms with Gasteiger partial charge in [-0.2, -0.15) is 0 Å². The largest absolute Gasteiger partial charge is 0.419 e. The molecule has 1 amide bonds. The Morgan fingerprint density at radius 1 is 1.25 bits per heavy atom. The molecule has 0 aliphatic heterocycles. The summed E-state index contributed by atoms with van der Waals surface area (Å²) < 4.78 is 5.91. The summed E-state index contributed by atoms with van der Waals surface area (Å²) in [5.41, 5.74) is 0.778. The van der Waals surface area contributed by atoms with Crippen molar-refractivity contribution in [3.63, 3.8) is 0 Å². The fraction of sp³-hybridized carbons (Fsp3) is 0.0667. The minimum atomic E-state index is -0.667. The summed E-state index contributed by atoms with van der Waals surface area (Å²) in [7, 11) is 0. The van der Waals surface area contributed by atoms with Gasteiger partial charge in [-0.05, 0) is 47.1 Å². The molecule has 3 aromatic heterocycles. The molecule has 7 nitrogen and oxygen atoms in total. The van der Waals surface area contributed by atoms with Crippen LogP contribution in [0.3, 0.4) is 0 Å². The number of rotatable bonds is 4. The summed E-state index contributed by atoms with van der Waals surface area (Å²) in [6, 6.07) is 8.85. The second kappa shape index (κ2) is 7.37. The molecule has 3 aromatic rings. The van der Waals surface area contributed by atoms with Gasteiger partial charge < -0.3 is 10.1 Å². The zero-order valence-corrected chi connectivity index (χ0v) is 14.9. The quantitative estimate of drug-likeness (QED) is 0.626. The number of pyridine rings is 2. The molecule has 0 unspecified atom stereocenters. The van der Waals surface area contributed by atoms with Gasteiger partial charge in [-0.1, -0.05) is 17.4 Å². The Morgan fingerprint density at radius 2 is 2.12 bits per heavy atom. The van der Waals surface area contributed by atoms with E-state index in [1.165, 1.54) is 11.3 Å². The Hall–Kier alpha value is -2.52. The van der Waals surface area contributed by atoms with E-state index in [-0.39, 0.29) is 5.88 Å². The lowest BCUT2D eigenvalue weighted by molar-refractivity contribution is 0.213. The number of nitrogens with one attached hydrogen (secondary N) is 2. The highest BCUT2D eigenvalue weighted by molar-refractivity contribution is 9.10. The summed E-state index contributed by atoms with van der Waals surface area (Å²) >= 11 is 4.62. The monoisotopic (exact) mass is 405 g/mol. The maximum Gasteiger partial charge on any atom is 0.419 e. The molecule has 0 saturated carbocycles. The van der Waals surface area contributed by atoms with Crippen molar-refractivity contribution in [2.24, 2.45) is 0 Å². The number of hydrogen-bond acceptors (Lipinski definition) is 7. The number of carbonyl (C=O) groups excluding carboxylic acids is 1. The molecular formula is C15H12BrN5O2S. The van der Waals surface area contributed by atoms with Crippen molar-refractivity contribution in [1.82, 2.24) is 15.0 Å². The first-order chi connectivity index (χ1) is 11.6. The van der Waals surface area contributed by atoms with Crippen LogP contribution in [0.2, 0.25) is 0 Å². The summed E-state index contributed by atoms with van der Waals surface area (Å²) in [6.07, 6.45) is 2.68. The zero-order chi connectivity index (χ0) is 16.9. The Bertz CT molecular complexity index is 856. The van der Waals surface area contributed by atoms with E-state index in [1.807, 2.05) is 19.1 Å². The van der Waals surface area contributed by atoms with Crippen LogP contribution in [0.4, 0.5) is 21.3 Å². The van der Waals surface area contributed by atoms with E-state index in [1.54, 1.807) is 30.6 Å². The van der Waals surface area contributed by atoms with Crippen molar-refractivity contribution in [2.45, 2.75) is 6.92 Å². The molecule has 122 valence electrons. The number of nitrogens with zero attached hydrogens (tertiary/aromatic N) is 3. The van der Waals surface area contributed by atoms with Crippen molar-refractivity contribution in [3.8, 4) is 5.88 Å². The summed E-state index contributed by atoms with van der Waals surface area (Å²) in [4.78, 5) is 24.4. The Kier molecular flexibility index (Phi) is 5.02. The van der Waals surface area contributed by atoms with Crippen molar-refractivity contribution < 1.29 is 9.53 Å². The first-order valence-electron chi connectivity index (χ1n) is 6.86. The van der Waals surface area contributed by atoms with Crippen molar-refractivity contribution in [1.29, 1.82) is 0 Å². The van der Waals surface area contributed by atoms with Crippen molar-refractivity contribution >= 4 is 49.9 Å². The molecule has 3 heterocycles. The van der Waals surface area contributed by atoms with Gasteiger partial charge in [0.1, 0.15) is 10.4 Å². The Balaban J connectivity index is 1.71. The van der Waals surface area contributed by atoms with Crippen molar-refractivity contribution in [2.75, 3.05) is 10.6 Å². The van der Waals surface area contributed by atoms with Crippen molar-refractivity contribution in [3.05, 3.63) is 52.3 Å². The first-order valence-corrected chi connectivity index (χ1v) is 8.47. The molecule has 2 N–H and O–H groups in total. The van der Waals surface area contributed by atoms with E-state index in [2.05, 4.69) is 41.5 Å². The molecule has 3 rings (SSSR count). The lowest BCUT2D eigenvalue weighted by Gasteiger charge is -2.07. The summed E-state index contributed by atoms with van der Waals surface area (Å²) in [6.45, 7) is 1.83. The third-order valence-corrected chi connectivity index (χ3v) is 4.07. The van der Waals surface area contributed by atoms with Crippen LogP contribution < -0.4 is 15.4 Å². The van der Waals surface area contributed by atoms with Gasteiger partial charge >= 0.3 is 6.09 Å². The molecule has 9 heteroatoms. The number of halogens is 1. The average Bonchev–Trinajstić information content (AvgIpc) is 2.87. The standard InChI is InChI=1S/C15H12BrN5O2S/c1-9-18-13(14(24-9)19-10-4-3-7-17-8-10)23-15(22)21-12-6-2-5-11(16)20-12/h2-8,19H,1H3,(H,20,21,22). The highest BCUT2D eigenvalue weighted by atomic mass is 79.9. The molecule has 24 heavy (non-hydrogen) atoms. The number of thiazole rings is 1. The van der Waals surface area contributed by atoms with Gasteiger partial charge in [0, 0.05) is 6.20 Å². The normalized spacial score (nSPS) is 10.2. The van der Waals surface area contributed by atoms with Crippen LogP contribution in [-0.4, -0.2) is 21.0 Å². The number of amides is 1. The second-order valence-electron chi connectivity index (χ2n) is 4.59. The second-order valence-corrected chi connectivity index (χ2v) is 6.61. The predicted octanol–water partition coefficient (Wildman–Crippen LogP) is 4.36. The van der Waals surface area contributed by atoms with Gasteiger partial charge in [-0.15, -0.1) is 0 Å². The van der Waals surface area contributed by atoms with Crippen LogP contribution >= 0.6 is 27.3 Å². The molecule has 0 bridgehead atoms. The molecule has 0 atom stereocenters. The highest BCUT2D eigenvalue weighted by Crippen LogP contribution is 2.33. The molecule has 0 spiro atoms. The lowest BCUT2D eigenvalue weighted by atomic mass is 10.4. The molecule has 0 saturated heterocycles. The number of ether oxygens (including phenoxy) is 1. The van der Waals surface area contributed by atoms with Crippen LogP contribution in [0.1, 0.15) is 5.01 Å². The van der Waals surface area contributed by atoms with Gasteiger partial charge in [0.2, 0.25) is 0 Å². The maximum atomic E-state index is 12.0. The lowest BCUT2D eigenvalue weighted by Crippen LogP contribution is -2.18. The van der Waals surface area contributed by atoms with Gasteiger partial charge in [-0.3, -0.25) is 10.3 Å². The fourth-order valence-corrected chi connectivity index (χ4v) is 2.93. The molecular weight excluding hydrogens is 394 g/mol. The first kappa shape index (κ1) is 16.3. The van der Waals surface area contributed by atoms with E-state index in [9.17, 15) is 4.79 Å². The van der Waals surface area contributed by atoms with E-state index < -0.39 is 6.09 Å². The number of hydrogen-bond donors (Lipinski definition) is 2. The minimum Gasteiger partial charge on any atom is -0.388 e. The van der Waals surface area contributed by atoms with Gasteiger partial charge in [-0.25, -0.2) is 14.8 Å². The van der Waals surface area contributed by atoms with Crippen LogP contribution in [0, 0.1) is 6.92 Å². The molecule has 0 aromatic carbocycles. The van der Waals surface area contributed by atoms with E-state index in [4.69, 9.17) is 4.74 Å². The summed E-state index contributed by atoms with van der Waals surface area (Å²) in [5.74, 6) is 0.581. The van der Waals surface area contributed by atoms with Crippen LogP contribution in [0.5, 0.6) is 5.88 Å². The van der Waals surface area contributed by atoms with Crippen LogP contribution in [0.15, 0.2) is 47.3 Å². The number of anilines is 3. The van der Waals surface area contributed by atoms with E-state index >= 15 is 0 Å². The minimum absolute atomic E-state index is 0.203. The Morgan fingerprint density at radius 3 is 2.88 bits per heavy atom. The fourth-order valence-electron chi connectivity index (χ4n) is 1.82. The molecule has 0 radical (unpaired) electrons. The van der Waals surface area contributed by atoms with Gasteiger partial charge in [0.15, 0.2) is 5.00 Å². The van der Waals surface area contributed by atoms with Crippen LogP contribution in [-0.2, 0) is 0 Å². The summed E-state index contributed by atoms with van der Waals surface area (Å²) in [5, 5.41) is 7.08. The third kappa shape index (κ3) is 4.27. The SMILES string of the molecule is Cc1nc(OC(=O)Nc2cccc(Br)n2)c(Nc2cccnc2)s1. The predicted molar refractivity (Wildman–Crippen MR) is 96.0 cm³/mol. The number of aromatic nitrogens is 3. The van der Waals surface area contributed by atoms with Gasteiger partial charge in [0.25, 0.3) is 5.88 Å². The molecule has 0 aliphatic rings. The number of aryl methyl sites for hydroxylation is 1. The zero-order valence-electron chi connectivity index (χ0n) is 12.5. The topological polar surface area (TPSA) is 89.0 Å². The van der Waals surface area contributed by atoms with E-state index in [0.717, 1.165) is 10.7 Å².